The zero-order valence-electron chi connectivity index (χ0n) is 26.0. The molecule has 0 bridgehead atoms. The first-order valence-electron chi connectivity index (χ1n) is 15.8. The van der Waals surface area contributed by atoms with Gasteiger partial charge in [-0.05, 0) is 82.2 Å². The summed E-state index contributed by atoms with van der Waals surface area (Å²) in [6.45, 7) is 13.2. The molecule has 0 radical (unpaired) electrons. The van der Waals surface area contributed by atoms with Gasteiger partial charge in [0.05, 0.1) is 18.3 Å². The molecule has 8 nitrogen and oxygen atoms in total. The van der Waals surface area contributed by atoms with Crippen LogP contribution in [0.1, 0.15) is 91.4 Å². The maximum absolute atomic E-state index is 11.9. The first-order chi connectivity index (χ1) is 19.2. The number of ether oxygens (including phenoxy) is 5. The largest absolute Gasteiger partial charge is 0.417 e. The molecular formula is C31H57NO7Si. The van der Waals surface area contributed by atoms with Crippen LogP contribution in [0.5, 0.6) is 0 Å². The third-order valence-corrected chi connectivity index (χ3v) is 9.02. The first kappa shape index (κ1) is 33.7. The number of nitrogens with one attached hydrogen (secondary N) is 1. The molecule has 1 N–H and O–H groups in total. The second-order valence-electron chi connectivity index (χ2n) is 13.0. The summed E-state index contributed by atoms with van der Waals surface area (Å²) < 4.78 is 37.4. The Bertz CT molecular complexity index is 746. The van der Waals surface area contributed by atoms with E-state index in [1.807, 2.05) is 0 Å². The van der Waals surface area contributed by atoms with Crippen molar-refractivity contribution in [2.75, 3.05) is 27.1 Å². The Kier molecular flexibility index (Phi) is 14.6. The molecule has 2 saturated heterocycles. The number of hydrogen-bond acceptors (Lipinski definition) is 7. The van der Waals surface area contributed by atoms with Crippen molar-refractivity contribution in [1.29, 1.82) is 0 Å². The zero-order valence-corrected chi connectivity index (χ0v) is 27.2. The van der Waals surface area contributed by atoms with Crippen molar-refractivity contribution >= 4 is 14.9 Å². The highest BCUT2D eigenvalue weighted by Crippen LogP contribution is 2.47. The second kappa shape index (κ2) is 17.3. The van der Waals surface area contributed by atoms with E-state index in [0.717, 1.165) is 77.4 Å². The smallest absolute Gasteiger partial charge is 0.221 e. The molecular weight excluding hydrogens is 526 g/mol. The first-order valence-corrected chi connectivity index (χ1v) is 18.6. The van der Waals surface area contributed by atoms with E-state index in [1.54, 1.807) is 7.11 Å². The van der Waals surface area contributed by atoms with Crippen LogP contribution >= 0.6 is 0 Å². The van der Waals surface area contributed by atoms with Crippen LogP contribution in [0.25, 0.3) is 0 Å². The maximum atomic E-state index is 11.9. The molecule has 1 amide bonds. The molecule has 0 aromatic carbocycles. The number of carbonyl (C=O) groups is 1. The predicted molar refractivity (Wildman–Crippen MR) is 159 cm³/mol. The fourth-order valence-electron chi connectivity index (χ4n) is 6.30. The lowest BCUT2D eigenvalue weighted by Crippen LogP contribution is -2.47. The van der Waals surface area contributed by atoms with Gasteiger partial charge in [-0.25, -0.2) is 0 Å². The topological polar surface area (TPSA) is 84.5 Å². The number of allylic oxidation sites excluding steroid dienone is 2. The molecule has 1 aliphatic carbocycles. The Labute approximate surface area is 244 Å². The van der Waals surface area contributed by atoms with E-state index in [2.05, 4.69) is 51.3 Å². The fourth-order valence-corrected chi connectivity index (χ4v) is 7.48. The zero-order chi connectivity index (χ0) is 29.0. The minimum Gasteiger partial charge on any atom is -0.417 e. The van der Waals surface area contributed by atoms with Gasteiger partial charge in [-0.15, -0.1) is 0 Å². The van der Waals surface area contributed by atoms with Gasteiger partial charge in [0, 0.05) is 39.1 Å². The Hall–Kier alpha value is -0.813. The maximum Gasteiger partial charge on any atom is 0.221 e. The summed E-state index contributed by atoms with van der Waals surface area (Å²) in [6.07, 6.45) is 14.6. The van der Waals surface area contributed by atoms with Crippen LogP contribution in [-0.2, 0) is 32.9 Å². The highest BCUT2D eigenvalue weighted by Gasteiger charge is 2.52. The summed E-state index contributed by atoms with van der Waals surface area (Å²) in [5, 5.41) is 2.75. The standard InChI is InChI=1S/C31H57NO7Si/c1-31(2,3)30(39-40(5)6)29-23(15-9-7-8-10-16-26(33)32-22-34-4)24(37-27-17-11-13-19-35-27)21-25(29)38-28-18-12-14-20-36-28/h7,9,23-25,27-30,40H,8,10-22H2,1-6H3,(H,32,33)/t23-,24-,25+,27?,28?,29-,30?/m0/s1. The summed E-state index contributed by atoms with van der Waals surface area (Å²) in [5.41, 5.74) is -0.0370. The molecule has 3 unspecified atom stereocenters. The van der Waals surface area contributed by atoms with E-state index in [0.29, 0.717) is 6.42 Å². The fraction of sp³-hybridized carbons (Fsp3) is 0.903. The normalized spacial score (nSPS) is 30.7. The summed E-state index contributed by atoms with van der Waals surface area (Å²) in [5.74, 6) is 0.468. The van der Waals surface area contributed by atoms with Gasteiger partial charge in [0.1, 0.15) is 6.73 Å². The average molecular weight is 584 g/mol. The summed E-state index contributed by atoms with van der Waals surface area (Å²) in [7, 11) is 0.257. The van der Waals surface area contributed by atoms with Crippen molar-refractivity contribution in [2.45, 2.75) is 135 Å². The van der Waals surface area contributed by atoms with Crippen LogP contribution in [0.3, 0.4) is 0 Å². The molecule has 2 heterocycles. The van der Waals surface area contributed by atoms with Gasteiger partial charge in [-0.2, -0.15) is 0 Å². The van der Waals surface area contributed by atoms with Crippen LogP contribution in [0.4, 0.5) is 0 Å². The molecule has 1 saturated carbocycles. The minimum atomic E-state index is -1.32. The van der Waals surface area contributed by atoms with Crippen molar-refractivity contribution in [3.8, 4) is 0 Å². The van der Waals surface area contributed by atoms with Gasteiger partial charge < -0.3 is 33.4 Å². The van der Waals surface area contributed by atoms with Crippen molar-refractivity contribution < 1.29 is 32.9 Å². The number of carbonyl (C=O) groups excluding carboxylic acids is 1. The van der Waals surface area contributed by atoms with E-state index in [4.69, 9.17) is 28.1 Å². The summed E-state index contributed by atoms with van der Waals surface area (Å²) in [4.78, 5) is 11.9. The lowest BCUT2D eigenvalue weighted by Gasteiger charge is -2.42. The molecule has 3 aliphatic rings. The quantitative estimate of drug-likeness (QED) is 0.115. The minimum absolute atomic E-state index is 0.0107. The highest BCUT2D eigenvalue weighted by molar-refractivity contribution is 6.48. The van der Waals surface area contributed by atoms with E-state index in [9.17, 15) is 4.79 Å². The van der Waals surface area contributed by atoms with E-state index in [-0.39, 0.29) is 60.8 Å². The van der Waals surface area contributed by atoms with Crippen molar-refractivity contribution in [1.82, 2.24) is 5.32 Å². The molecule has 9 heteroatoms. The van der Waals surface area contributed by atoms with Gasteiger partial charge in [0.2, 0.25) is 5.91 Å². The number of hydrogen-bond donors (Lipinski definition) is 1. The molecule has 0 aromatic heterocycles. The molecule has 0 spiro atoms. The lowest BCUT2D eigenvalue weighted by molar-refractivity contribution is -0.207. The van der Waals surface area contributed by atoms with Gasteiger partial charge >= 0.3 is 0 Å². The molecule has 3 rings (SSSR count). The summed E-state index contributed by atoms with van der Waals surface area (Å²) >= 11 is 0. The van der Waals surface area contributed by atoms with Gasteiger partial charge in [-0.3, -0.25) is 4.79 Å². The van der Waals surface area contributed by atoms with Gasteiger partial charge in [0.15, 0.2) is 21.6 Å². The second-order valence-corrected chi connectivity index (χ2v) is 15.4. The van der Waals surface area contributed by atoms with Crippen LogP contribution in [-0.4, -0.2) is 72.9 Å². The number of methoxy groups -OCH3 is 1. The van der Waals surface area contributed by atoms with Crippen LogP contribution < -0.4 is 5.32 Å². The van der Waals surface area contributed by atoms with E-state index in [1.165, 1.54) is 0 Å². The lowest BCUT2D eigenvalue weighted by atomic mass is 9.75. The monoisotopic (exact) mass is 583 g/mol. The molecule has 2 aliphatic heterocycles. The predicted octanol–water partition coefficient (Wildman–Crippen LogP) is 5.70. The van der Waals surface area contributed by atoms with Gasteiger partial charge in [-0.1, -0.05) is 32.9 Å². The molecule has 232 valence electrons. The Morgan fingerprint density at radius 3 is 2.20 bits per heavy atom. The van der Waals surface area contributed by atoms with Crippen molar-refractivity contribution in [3.05, 3.63) is 12.2 Å². The number of unbranched alkanes of at least 4 members (excludes halogenated alkanes) is 1. The van der Waals surface area contributed by atoms with Crippen molar-refractivity contribution in [2.24, 2.45) is 17.3 Å². The molecule has 7 atom stereocenters. The van der Waals surface area contributed by atoms with E-state index < -0.39 is 9.04 Å². The van der Waals surface area contributed by atoms with Crippen LogP contribution in [0, 0.1) is 17.3 Å². The van der Waals surface area contributed by atoms with Gasteiger partial charge in [0.25, 0.3) is 0 Å². The van der Waals surface area contributed by atoms with E-state index >= 15 is 0 Å². The molecule has 3 fully saturated rings. The Balaban J connectivity index is 1.77. The average Bonchev–Trinajstić information content (AvgIpc) is 3.23. The highest BCUT2D eigenvalue weighted by atomic mass is 28.3. The van der Waals surface area contributed by atoms with Crippen LogP contribution in [0.2, 0.25) is 13.1 Å². The Morgan fingerprint density at radius 1 is 1.00 bits per heavy atom. The molecule has 40 heavy (non-hydrogen) atoms. The number of rotatable bonds is 15. The third-order valence-electron chi connectivity index (χ3n) is 8.18. The SMILES string of the molecule is COCNC(=O)CCCC=CC[C@@H]1[C@H](C(O[SiH](C)C)C(C)(C)C)[C@H](OC2CCCCO2)C[C@@H]1OC1CCCCO1. The van der Waals surface area contributed by atoms with Crippen molar-refractivity contribution in [3.63, 3.8) is 0 Å². The third kappa shape index (κ3) is 11.1. The summed E-state index contributed by atoms with van der Waals surface area (Å²) in [6, 6.07) is 0. The van der Waals surface area contributed by atoms with Crippen LogP contribution in [0.15, 0.2) is 12.2 Å². The number of amides is 1. The molecule has 0 aromatic rings. The Morgan fingerprint density at radius 2 is 1.65 bits per heavy atom.